The zero-order valence-corrected chi connectivity index (χ0v) is 15.0. The van der Waals surface area contributed by atoms with Gasteiger partial charge < -0.3 is 0 Å². The Morgan fingerprint density at radius 3 is 2.43 bits per heavy atom. The molecule has 1 heteroatoms. The fraction of sp³-hybridized carbons (Fsp3) is 0.700. The zero-order valence-electron chi connectivity index (χ0n) is 13.8. The van der Waals surface area contributed by atoms with Crippen LogP contribution >= 0.6 is 9.24 Å². The number of unbranched alkanes of at least 4 members (excludes halogenated alkanes) is 1. The van der Waals surface area contributed by atoms with Crippen LogP contribution in [0.25, 0.3) is 0 Å². The maximum absolute atomic E-state index is 3.06. The van der Waals surface area contributed by atoms with Crippen molar-refractivity contribution in [2.45, 2.75) is 83.2 Å². The largest absolute Gasteiger partial charge is 0.130 e. The van der Waals surface area contributed by atoms with E-state index in [1.807, 2.05) is 0 Å². The topological polar surface area (TPSA) is 0 Å². The number of rotatable bonds is 8. The van der Waals surface area contributed by atoms with Gasteiger partial charge in [-0.2, -0.15) is 0 Å². The predicted octanol–water partition coefficient (Wildman–Crippen LogP) is 6.70. The van der Waals surface area contributed by atoms with Gasteiger partial charge in [0.15, 0.2) is 0 Å². The summed E-state index contributed by atoms with van der Waals surface area (Å²) in [6, 6.07) is 9.37. The molecule has 1 aromatic carbocycles. The zero-order chi connectivity index (χ0) is 14.9. The molecule has 0 aliphatic heterocycles. The Morgan fingerprint density at radius 2 is 1.76 bits per heavy atom. The molecule has 1 aliphatic carbocycles. The molecule has 0 radical (unpaired) electrons. The first kappa shape index (κ1) is 17.0. The van der Waals surface area contributed by atoms with Crippen LogP contribution in [0.1, 0.15) is 87.9 Å². The van der Waals surface area contributed by atoms with E-state index in [9.17, 15) is 0 Å². The van der Waals surface area contributed by atoms with E-state index < -0.39 is 0 Å². The number of hydrogen-bond donors (Lipinski definition) is 0. The van der Waals surface area contributed by atoms with Crippen LogP contribution in [0.2, 0.25) is 0 Å². The molecule has 0 amide bonds. The van der Waals surface area contributed by atoms with Gasteiger partial charge in [0.2, 0.25) is 0 Å². The Morgan fingerprint density at radius 1 is 1.05 bits per heavy atom. The van der Waals surface area contributed by atoms with Gasteiger partial charge in [0.25, 0.3) is 0 Å². The van der Waals surface area contributed by atoms with E-state index in [0.29, 0.717) is 5.66 Å². The molecule has 2 atom stereocenters. The van der Waals surface area contributed by atoms with Crippen molar-refractivity contribution in [3.05, 3.63) is 35.4 Å². The maximum atomic E-state index is 3.06. The molecule has 0 N–H and O–H groups in total. The molecular weight excluding hydrogens is 271 g/mol. The molecular formula is C20H33P. The van der Waals surface area contributed by atoms with Crippen LogP contribution in [0.5, 0.6) is 0 Å². The molecule has 0 aromatic heterocycles. The Labute approximate surface area is 134 Å². The Kier molecular flexibility index (Phi) is 7.80. The van der Waals surface area contributed by atoms with Crippen molar-refractivity contribution < 1.29 is 0 Å². The minimum atomic E-state index is 0.647. The van der Waals surface area contributed by atoms with Crippen molar-refractivity contribution in [3.63, 3.8) is 0 Å². The standard InChI is InChI=1S/C20H33P/c1-2-3-8-18-13-15-19(16-14-18)20(21)12-7-11-17-9-5-4-6-10-17/h13-17,20H,2-12,21H2,1H3. The molecule has 1 fully saturated rings. The smallest absolute Gasteiger partial charge is 0.00146 e. The van der Waals surface area contributed by atoms with Gasteiger partial charge in [-0.3, -0.25) is 0 Å². The Bertz CT molecular complexity index is 375. The van der Waals surface area contributed by atoms with Gasteiger partial charge in [0, 0.05) is 0 Å². The first-order valence-electron chi connectivity index (χ1n) is 9.14. The normalized spacial score (nSPS) is 17.8. The third-order valence-electron chi connectivity index (χ3n) is 5.08. The molecule has 0 spiro atoms. The van der Waals surface area contributed by atoms with Gasteiger partial charge in [-0.1, -0.05) is 82.6 Å². The van der Waals surface area contributed by atoms with Gasteiger partial charge in [-0.15, -0.1) is 9.24 Å². The van der Waals surface area contributed by atoms with Gasteiger partial charge in [0.1, 0.15) is 0 Å². The van der Waals surface area contributed by atoms with Crippen molar-refractivity contribution in [2.24, 2.45) is 5.92 Å². The lowest BCUT2D eigenvalue weighted by Gasteiger charge is -2.22. The van der Waals surface area contributed by atoms with Crippen molar-refractivity contribution in [2.75, 3.05) is 0 Å². The average molecular weight is 304 g/mol. The highest BCUT2D eigenvalue weighted by Gasteiger charge is 2.14. The molecule has 1 aromatic rings. The van der Waals surface area contributed by atoms with Crippen molar-refractivity contribution in [1.82, 2.24) is 0 Å². The quantitative estimate of drug-likeness (QED) is 0.469. The molecule has 0 saturated heterocycles. The molecule has 0 heterocycles. The Balaban J connectivity index is 1.70. The summed E-state index contributed by atoms with van der Waals surface area (Å²) in [6.07, 6.45) is 15.4. The molecule has 21 heavy (non-hydrogen) atoms. The summed E-state index contributed by atoms with van der Waals surface area (Å²) in [5, 5.41) is 0. The predicted molar refractivity (Wildman–Crippen MR) is 97.9 cm³/mol. The summed E-state index contributed by atoms with van der Waals surface area (Å²) in [5.41, 5.74) is 3.65. The second-order valence-electron chi connectivity index (χ2n) is 6.89. The Hall–Kier alpha value is -0.350. The second-order valence-corrected chi connectivity index (χ2v) is 7.69. The van der Waals surface area contributed by atoms with Gasteiger partial charge >= 0.3 is 0 Å². The van der Waals surface area contributed by atoms with Crippen molar-refractivity contribution >= 4 is 9.24 Å². The molecule has 0 nitrogen and oxygen atoms in total. The molecule has 2 rings (SSSR count). The monoisotopic (exact) mass is 304 g/mol. The molecule has 0 bridgehead atoms. The van der Waals surface area contributed by atoms with Crippen LogP contribution in [0, 0.1) is 5.92 Å². The molecule has 118 valence electrons. The number of hydrogen-bond acceptors (Lipinski definition) is 0. The van der Waals surface area contributed by atoms with E-state index in [0.717, 1.165) is 5.92 Å². The summed E-state index contributed by atoms with van der Waals surface area (Å²) in [4.78, 5) is 0. The summed E-state index contributed by atoms with van der Waals surface area (Å²) in [7, 11) is 3.06. The van der Waals surface area contributed by atoms with E-state index in [2.05, 4.69) is 40.4 Å². The summed E-state index contributed by atoms with van der Waals surface area (Å²) in [6.45, 7) is 2.26. The van der Waals surface area contributed by atoms with Crippen molar-refractivity contribution in [3.8, 4) is 0 Å². The third kappa shape index (κ3) is 6.11. The number of benzene rings is 1. The third-order valence-corrected chi connectivity index (χ3v) is 5.80. The maximum Gasteiger partial charge on any atom is -0.00146 e. The van der Waals surface area contributed by atoms with Crippen LogP contribution in [-0.4, -0.2) is 0 Å². The van der Waals surface area contributed by atoms with E-state index in [1.165, 1.54) is 81.8 Å². The van der Waals surface area contributed by atoms with E-state index in [1.54, 1.807) is 0 Å². The van der Waals surface area contributed by atoms with Gasteiger partial charge in [-0.25, -0.2) is 0 Å². The van der Waals surface area contributed by atoms with Gasteiger partial charge in [-0.05, 0) is 42.0 Å². The fourth-order valence-corrected chi connectivity index (χ4v) is 4.04. The van der Waals surface area contributed by atoms with Crippen LogP contribution in [0.4, 0.5) is 0 Å². The highest BCUT2D eigenvalue weighted by Crippen LogP contribution is 2.32. The van der Waals surface area contributed by atoms with E-state index in [-0.39, 0.29) is 0 Å². The lowest BCUT2D eigenvalue weighted by atomic mass is 9.85. The second kappa shape index (κ2) is 9.62. The summed E-state index contributed by atoms with van der Waals surface area (Å²) >= 11 is 0. The summed E-state index contributed by atoms with van der Waals surface area (Å²) in [5.74, 6) is 1.03. The summed E-state index contributed by atoms with van der Waals surface area (Å²) < 4.78 is 0. The van der Waals surface area contributed by atoms with Gasteiger partial charge in [0.05, 0.1) is 0 Å². The van der Waals surface area contributed by atoms with Crippen LogP contribution in [0.3, 0.4) is 0 Å². The lowest BCUT2D eigenvalue weighted by molar-refractivity contribution is 0.329. The highest BCUT2D eigenvalue weighted by molar-refractivity contribution is 7.17. The van der Waals surface area contributed by atoms with E-state index >= 15 is 0 Å². The van der Waals surface area contributed by atoms with Crippen molar-refractivity contribution in [1.29, 1.82) is 0 Å². The highest BCUT2D eigenvalue weighted by atomic mass is 31.0. The first-order chi connectivity index (χ1) is 10.3. The minimum Gasteiger partial charge on any atom is -0.130 e. The first-order valence-corrected chi connectivity index (χ1v) is 9.80. The SMILES string of the molecule is CCCCc1ccc(C(P)CCCC2CCCCC2)cc1. The van der Waals surface area contributed by atoms with Crippen LogP contribution < -0.4 is 0 Å². The van der Waals surface area contributed by atoms with Crippen LogP contribution in [0.15, 0.2) is 24.3 Å². The fourth-order valence-electron chi connectivity index (χ4n) is 3.58. The molecule has 1 saturated carbocycles. The average Bonchev–Trinajstić information content (AvgIpc) is 2.54. The van der Waals surface area contributed by atoms with E-state index in [4.69, 9.17) is 0 Å². The number of aryl methyl sites for hydroxylation is 1. The minimum absolute atomic E-state index is 0.647. The van der Waals surface area contributed by atoms with Crippen LogP contribution in [-0.2, 0) is 6.42 Å². The molecule has 2 unspecified atom stereocenters. The molecule has 1 aliphatic rings. The lowest BCUT2D eigenvalue weighted by Crippen LogP contribution is -2.06.